The first-order chi connectivity index (χ1) is 13.8. The third-order valence-electron chi connectivity index (χ3n) is 5.96. The van der Waals surface area contributed by atoms with Crippen LogP contribution in [0.3, 0.4) is 0 Å². The molecule has 0 bridgehead atoms. The van der Waals surface area contributed by atoms with Crippen molar-refractivity contribution in [1.82, 2.24) is 19.8 Å². The Hall–Kier alpha value is -2.10. The molecule has 1 saturated heterocycles. The van der Waals surface area contributed by atoms with E-state index in [1.807, 2.05) is 18.2 Å². The molecule has 1 aromatic heterocycles. The van der Waals surface area contributed by atoms with Crippen LogP contribution in [0.5, 0.6) is 0 Å². The summed E-state index contributed by atoms with van der Waals surface area (Å²) in [5.41, 5.74) is 2.26. The van der Waals surface area contributed by atoms with E-state index < -0.39 is 10.0 Å². The van der Waals surface area contributed by atoms with Crippen molar-refractivity contribution in [2.45, 2.75) is 31.8 Å². The molecule has 9 heteroatoms. The predicted molar refractivity (Wildman–Crippen MR) is 111 cm³/mol. The molecule has 29 heavy (non-hydrogen) atoms. The van der Waals surface area contributed by atoms with Crippen LogP contribution in [-0.2, 0) is 16.4 Å². The Labute approximate surface area is 171 Å². The fraction of sp³-hybridized carbons (Fsp3) is 0.550. The maximum atomic E-state index is 12.1. The molecule has 0 unspecified atom stereocenters. The first-order valence-corrected chi connectivity index (χ1v) is 12.0. The van der Waals surface area contributed by atoms with Gasteiger partial charge in [0.1, 0.15) is 11.3 Å². The Morgan fingerprint density at radius 1 is 1.28 bits per heavy atom. The van der Waals surface area contributed by atoms with Crippen molar-refractivity contribution in [3.8, 4) is 0 Å². The third kappa shape index (κ3) is 4.26. The van der Waals surface area contributed by atoms with Crippen molar-refractivity contribution in [2.75, 3.05) is 39.0 Å². The number of carbonyl (C=O) groups is 1. The summed E-state index contributed by atoms with van der Waals surface area (Å²) >= 11 is 0. The monoisotopic (exact) mass is 420 g/mol. The van der Waals surface area contributed by atoms with E-state index in [0.29, 0.717) is 13.1 Å². The number of nitrogens with zero attached hydrogens (tertiary/aromatic N) is 2. The van der Waals surface area contributed by atoms with Gasteiger partial charge in [-0.15, -0.1) is 0 Å². The second-order valence-corrected chi connectivity index (χ2v) is 9.72. The highest BCUT2D eigenvalue weighted by molar-refractivity contribution is 7.88. The smallest absolute Gasteiger partial charge is 0.317 e. The summed E-state index contributed by atoms with van der Waals surface area (Å²) in [5, 5.41) is 4.08. The molecule has 1 fully saturated rings. The average Bonchev–Trinajstić information content (AvgIpc) is 3.22. The quantitative estimate of drug-likeness (QED) is 0.711. The van der Waals surface area contributed by atoms with Gasteiger partial charge in [-0.05, 0) is 25.8 Å². The predicted octanol–water partition coefficient (Wildman–Crippen LogP) is 1.68. The van der Waals surface area contributed by atoms with Crippen LogP contribution in [0, 0.1) is 0 Å². The topological polar surface area (TPSA) is 94.9 Å². The van der Waals surface area contributed by atoms with Crippen molar-refractivity contribution in [2.24, 2.45) is 0 Å². The van der Waals surface area contributed by atoms with Crippen LogP contribution in [0.25, 0.3) is 11.0 Å². The summed E-state index contributed by atoms with van der Waals surface area (Å²) < 4.78 is 31.1. The van der Waals surface area contributed by atoms with Crippen LogP contribution in [-0.4, -0.2) is 69.3 Å². The molecule has 2 aliphatic heterocycles. The summed E-state index contributed by atoms with van der Waals surface area (Å²) in [5.74, 6) is 1.05. The lowest BCUT2D eigenvalue weighted by Gasteiger charge is -2.34. The minimum absolute atomic E-state index is 0.0631. The molecule has 0 saturated carbocycles. The molecule has 2 aromatic rings. The molecule has 2 atom stereocenters. The first kappa shape index (κ1) is 20.2. The second-order valence-electron chi connectivity index (χ2n) is 7.89. The van der Waals surface area contributed by atoms with Crippen LogP contribution in [0.2, 0.25) is 0 Å². The van der Waals surface area contributed by atoms with Gasteiger partial charge in [0.15, 0.2) is 0 Å². The molecule has 0 radical (unpaired) electrons. The number of para-hydroxylation sites is 1. The zero-order valence-electron chi connectivity index (χ0n) is 16.8. The number of sulfonamides is 1. The van der Waals surface area contributed by atoms with Gasteiger partial charge in [-0.2, -0.15) is 0 Å². The Kier molecular flexibility index (Phi) is 5.54. The van der Waals surface area contributed by atoms with Gasteiger partial charge in [0, 0.05) is 43.7 Å². The molecule has 3 heterocycles. The molecule has 158 valence electrons. The fourth-order valence-electron chi connectivity index (χ4n) is 4.42. The lowest BCUT2D eigenvalue weighted by Crippen LogP contribution is -2.42. The van der Waals surface area contributed by atoms with E-state index in [9.17, 15) is 13.2 Å². The molecule has 2 amide bonds. The van der Waals surface area contributed by atoms with Gasteiger partial charge in [-0.25, -0.2) is 17.9 Å². The minimum Gasteiger partial charge on any atom is -0.459 e. The standard InChI is InChI=1S/C20H28N4O4S/c1-14-19-17(16-5-3-4-6-18(16)28-19)8-11-23(14)10-7-15-13-21-20(25)24(15)12-9-22-29(2,26)27/h3-6,14-15,22H,7-13H2,1-2H3,(H,21,25)/t14-,15-/m0/s1. The van der Waals surface area contributed by atoms with Gasteiger partial charge in [0.05, 0.1) is 18.3 Å². The van der Waals surface area contributed by atoms with Crippen LogP contribution < -0.4 is 10.0 Å². The molecule has 4 rings (SSSR count). The molecule has 1 aromatic carbocycles. The number of fused-ring (bicyclic) bond motifs is 3. The van der Waals surface area contributed by atoms with E-state index in [1.54, 1.807) is 4.90 Å². The molecule has 8 nitrogen and oxygen atoms in total. The number of nitrogens with one attached hydrogen (secondary N) is 2. The number of carbonyl (C=O) groups excluding carboxylic acids is 1. The lowest BCUT2D eigenvalue weighted by atomic mass is 9.98. The molecular formula is C20H28N4O4S. The van der Waals surface area contributed by atoms with Gasteiger partial charge in [0.25, 0.3) is 0 Å². The summed E-state index contributed by atoms with van der Waals surface area (Å²) in [6.45, 7) is 5.18. The highest BCUT2D eigenvalue weighted by atomic mass is 32.2. The molecule has 0 aliphatic carbocycles. The summed E-state index contributed by atoms with van der Waals surface area (Å²) in [4.78, 5) is 16.3. The Balaban J connectivity index is 1.37. The molecule has 0 spiro atoms. The highest BCUT2D eigenvalue weighted by Gasteiger charge is 2.33. The van der Waals surface area contributed by atoms with Gasteiger partial charge in [0.2, 0.25) is 10.0 Å². The second kappa shape index (κ2) is 7.97. The largest absolute Gasteiger partial charge is 0.459 e. The van der Waals surface area contributed by atoms with Crippen LogP contribution >= 0.6 is 0 Å². The van der Waals surface area contributed by atoms with Crippen molar-refractivity contribution in [3.63, 3.8) is 0 Å². The Bertz CT molecular complexity index is 1000. The normalized spacial score (nSPS) is 22.8. The maximum Gasteiger partial charge on any atom is 0.317 e. The number of rotatable bonds is 7. The first-order valence-electron chi connectivity index (χ1n) is 10.1. The highest BCUT2D eigenvalue weighted by Crippen LogP contribution is 2.36. The zero-order valence-corrected chi connectivity index (χ0v) is 17.7. The summed E-state index contributed by atoms with van der Waals surface area (Å²) in [6, 6.07) is 8.31. The van der Waals surface area contributed by atoms with Crippen molar-refractivity contribution in [1.29, 1.82) is 0 Å². The summed E-state index contributed by atoms with van der Waals surface area (Å²) in [7, 11) is -3.25. The number of benzene rings is 1. The minimum atomic E-state index is -3.25. The summed E-state index contributed by atoms with van der Waals surface area (Å²) in [6.07, 6.45) is 2.91. The van der Waals surface area contributed by atoms with E-state index in [1.165, 1.54) is 10.9 Å². The van der Waals surface area contributed by atoms with Crippen LogP contribution in [0.1, 0.15) is 30.7 Å². The lowest BCUT2D eigenvalue weighted by molar-refractivity contribution is 0.154. The van der Waals surface area contributed by atoms with Gasteiger partial charge in [-0.3, -0.25) is 4.90 Å². The Morgan fingerprint density at radius 3 is 2.86 bits per heavy atom. The number of hydrogen-bond acceptors (Lipinski definition) is 5. The van der Waals surface area contributed by atoms with Gasteiger partial charge < -0.3 is 14.6 Å². The van der Waals surface area contributed by atoms with E-state index in [4.69, 9.17) is 4.42 Å². The number of amides is 2. The van der Waals surface area contributed by atoms with Crippen molar-refractivity contribution in [3.05, 3.63) is 35.6 Å². The fourth-order valence-corrected chi connectivity index (χ4v) is 4.89. The van der Waals surface area contributed by atoms with Crippen molar-refractivity contribution < 1.29 is 17.6 Å². The number of furan rings is 1. The SMILES string of the molecule is C[C@H]1c2oc3ccccc3c2CCN1CC[C@H]1CNC(=O)N1CCNS(C)(=O)=O. The van der Waals surface area contributed by atoms with Crippen LogP contribution in [0.15, 0.2) is 28.7 Å². The van der Waals surface area contributed by atoms with E-state index in [2.05, 4.69) is 27.9 Å². The third-order valence-corrected chi connectivity index (χ3v) is 6.69. The van der Waals surface area contributed by atoms with E-state index in [-0.39, 0.29) is 24.7 Å². The van der Waals surface area contributed by atoms with Crippen molar-refractivity contribution >= 4 is 27.0 Å². The number of hydrogen-bond donors (Lipinski definition) is 2. The zero-order chi connectivity index (χ0) is 20.6. The Morgan fingerprint density at radius 2 is 2.07 bits per heavy atom. The average molecular weight is 421 g/mol. The van der Waals surface area contributed by atoms with E-state index >= 15 is 0 Å². The van der Waals surface area contributed by atoms with Crippen LogP contribution in [0.4, 0.5) is 4.79 Å². The molecule has 2 aliphatic rings. The maximum absolute atomic E-state index is 12.1. The number of urea groups is 1. The molecular weight excluding hydrogens is 392 g/mol. The van der Waals surface area contributed by atoms with E-state index in [0.717, 1.165) is 43.5 Å². The molecule has 2 N–H and O–H groups in total. The van der Waals surface area contributed by atoms with Gasteiger partial charge in [-0.1, -0.05) is 18.2 Å². The van der Waals surface area contributed by atoms with Gasteiger partial charge >= 0.3 is 6.03 Å².